The maximum Gasteiger partial charge on any atom is 0.317 e. The zero-order valence-corrected chi connectivity index (χ0v) is 13.4. The number of imidazole rings is 1. The molecule has 2 aromatic heterocycles. The second-order valence-corrected chi connectivity index (χ2v) is 4.88. The fourth-order valence-electron chi connectivity index (χ4n) is 1.86. The van der Waals surface area contributed by atoms with E-state index in [1.165, 1.54) is 0 Å². The summed E-state index contributed by atoms with van der Waals surface area (Å²) in [5, 5.41) is 9.74. The van der Waals surface area contributed by atoms with Gasteiger partial charge in [0.2, 0.25) is 0 Å². The lowest BCUT2D eigenvalue weighted by Crippen LogP contribution is -2.37. The van der Waals surface area contributed by atoms with E-state index in [2.05, 4.69) is 15.3 Å². The highest BCUT2D eigenvalue weighted by atomic mass is 16.3. The topological polar surface area (TPSA) is 100 Å². The van der Waals surface area contributed by atoms with E-state index < -0.39 is 0 Å². The van der Waals surface area contributed by atoms with E-state index in [4.69, 9.17) is 9.90 Å². The summed E-state index contributed by atoms with van der Waals surface area (Å²) in [6.45, 7) is 2.71. The zero-order chi connectivity index (χ0) is 17.2. The predicted octanol–water partition coefficient (Wildman–Crippen LogP) is 1.17. The SMILES string of the molecule is Cc1cnccc1CN(C)C(=O)NCc1nccn1C.O=CO. The van der Waals surface area contributed by atoms with Crippen LogP contribution in [0.4, 0.5) is 4.79 Å². The summed E-state index contributed by atoms with van der Waals surface area (Å²) >= 11 is 0. The van der Waals surface area contributed by atoms with E-state index in [9.17, 15) is 4.79 Å². The van der Waals surface area contributed by atoms with Crippen LogP contribution in [0.5, 0.6) is 0 Å². The molecule has 0 aliphatic heterocycles. The number of pyridine rings is 1. The minimum Gasteiger partial charge on any atom is -0.483 e. The fraction of sp³-hybridized carbons (Fsp3) is 0.333. The summed E-state index contributed by atoms with van der Waals surface area (Å²) < 4.78 is 1.88. The molecule has 0 aliphatic rings. The van der Waals surface area contributed by atoms with Crippen LogP contribution < -0.4 is 5.32 Å². The lowest BCUT2D eigenvalue weighted by Gasteiger charge is -2.19. The van der Waals surface area contributed by atoms with E-state index in [-0.39, 0.29) is 12.5 Å². The standard InChI is InChI=1S/C14H19N5O.CH2O2/c1-11-8-15-5-4-12(11)10-19(3)14(20)17-9-13-16-6-7-18(13)2;2-1-3/h4-8H,9-10H2,1-3H3,(H,17,20);1H,(H,2,3). The molecule has 0 atom stereocenters. The van der Waals surface area contributed by atoms with E-state index in [1.54, 1.807) is 30.5 Å². The number of hydrogen-bond acceptors (Lipinski definition) is 4. The van der Waals surface area contributed by atoms with Gasteiger partial charge in [-0.1, -0.05) is 0 Å². The van der Waals surface area contributed by atoms with Gasteiger partial charge in [0.05, 0.1) is 6.54 Å². The molecular weight excluding hydrogens is 298 g/mol. The second-order valence-electron chi connectivity index (χ2n) is 4.88. The Kier molecular flexibility index (Phi) is 7.25. The van der Waals surface area contributed by atoms with Crippen LogP contribution in [0, 0.1) is 6.92 Å². The molecule has 0 bridgehead atoms. The average Bonchev–Trinajstić information content (AvgIpc) is 2.93. The van der Waals surface area contributed by atoms with Gasteiger partial charge in [0.1, 0.15) is 5.82 Å². The number of rotatable bonds is 4. The molecule has 0 aliphatic carbocycles. The highest BCUT2D eigenvalue weighted by molar-refractivity contribution is 5.73. The van der Waals surface area contributed by atoms with Crippen molar-refractivity contribution in [2.45, 2.75) is 20.0 Å². The Morgan fingerprint density at radius 3 is 2.74 bits per heavy atom. The van der Waals surface area contributed by atoms with Crippen LogP contribution in [0.2, 0.25) is 0 Å². The number of aromatic nitrogens is 3. The quantitative estimate of drug-likeness (QED) is 0.824. The first-order valence-electron chi connectivity index (χ1n) is 6.92. The first-order chi connectivity index (χ1) is 11.0. The second kappa shape index (κ2) is 9.19. The van der Waals surface area contributed by atoms with Crippen LogP contribution in [-0.2, 0) is 24.9 Å². The van der Waals surface area contributed by atoms with Gasteiger partial charge < -0.3 is 19.9 Å². The van der Waals surface area contributed by atoms with Gasteiger partial charge in [0.15, 0.2) is 0 Å². The Labute approximate surface area is 134 Å². The maximum absolute atomic E-state index is 12.0. The largest absolute Gasteiger partial charge is 0.483 e. The van der Waals surface area contributed by atoms with Crippen molar-refractivity contribution in [3.8, 4) is 0 Å². The number of carbonyl (C=O) groups excluding carboxylic acids is 1. The fourth-order valence-corrected chi connectivity index (χ4v) is 1.86. The molecule has 8 nitrogen and oxygen atoms in total. The zero-order valence-electron chi connectivity index (χ0n) is 13.4. The van der Waals surface area contributed by atoms with Crippen LogP contribution in [0.1, 0.15) is 17.0 Å². The van der Waals surface area contributed by atoms with Gasteiger partial charge in [-0.05, 0) is 24.1 Å². The van der Waals surface area contributed by atoms with Gasteiger partial charge in [0, 0.05) is 45.4 Å². The molecule has 2 amide bonds. The predicted molar refractivity (Wildman–Crippen MR) is 84.6 cm³/mol. The first-order valence-corrected chi connectivity index (χ1v) is 6.92. The molecule has 0 spiro atoms. The van der Waals surface area contributed by atoms with Gasteiger partial charge in [-0.3, -0.25) is 9.78 Å². The molecule has 2 aromatic rings. The molecule has 2 heterocycles. The van der Waals surface area contributed by atoms with Gasteiger partial charge >= 0.3 is 6.03 Å². The highest BCUT2D eigenvalue weighted by Gasteiger charge is 2.10. The van der Waals surface area contributed by atoms with Gasteiger partial charge in [-0.15, -0.1) is 0 Å². The molecule has 23 heavy (non-hydrogen) atoms. The van der Waals surface area contributed by atoms with E-state index in [0.29, 0.717) is 13.1 Å². The normalized spacial score (nSPS) is 9.52. The molecule has 0 saturated heterocycles. The van der Waals surface area contributed by atoms with Crippen molar-refractivity contribution in [2.75, 3.05) is 7.05 Å². The smallest absolute Gasteiger partial charge is 0.317 e. The van der Waals surface area contributed by atoms with Crippen molar-refractivity contribution < 1.29 is 14.7 Å². The number of nitrogens with zero attached hydrogens (tertiary/aromatic N) is 4. The number of urea groups is 1. The Hall–Kier alpha value is -2.90. The third-order valence-corrected chi connectivity index (χ3v) is 3.21. The molecule has 0 aromatic carbocycles. The number of carbonyl (C=O) groups is 2. The molecule has 8 heteroatoms. The molecule has 0 radical (unpaired) electrons. The van der Waals surface area contributed by atoms with E-state index in [0.717, 1.165) is 17.0 Å². The van der Waals surface area contributed by atoms with Gasteiger partial charge in [0.25, 0.3) is 6.47 Å². The molecular formula is C15H21N5O3. The highest BCUT2D eigenvalue weighted by Crippen LogP contribution is 2.08. The summed E-state index contributed by atoms with van der Waals surface area (Å²) in [5.74, 6) is 0.826. The van der Waals surface area contributed by atoms with Crippen molar-refractivity contribution in [1.82, 2.24) is 24.8 Å². The lowest BCUT2D eigenvalue weighted by atomic mass is 10.1. The lowest BCUT2D eigenvalue weighted by molar-refractivity contribution is -0.122. The Morgan fingerprint density at radius 1 is 1.48 bits per heavy atom. The summed E-state index contributed by atoms with van der Waals surface area (Å²) in [7, 11) is 3.67. The molecule has 0 fully saturated rings. The Bertz CT molecular complexity index is 642. The van der Waals surface area contributed by atoms with Gasteiger partial charge in [-0.25, -0.2) is 9.78 Å². The van der Waals surface area contributed by atoms with Crippen LogP contribution in [0.3, 0.4) is 0 Å². The molecule has 2 N–H and O–H groups in total. The van der Waals surface area contributed by atoms with Crippen molar-refractivity contribution >= 4 is 12.5 Å². The molecule has 2 rings (SSSR count). The minimum atomic E-state index is -0.250. The van der Waals surface area contributed by atoms with Crippen molar-refractivity contribution in [3.63, 3.8) is 0 Å². The Balaban J connectivity index is 0.000000816. The average molecular weight is 319 g/mol. The number of hydrogen-bond donors (Lipinski definition) is 2. The van der Waals surface area contributed by atoms with Crippen LogP contribution in [-0.4, -0.2) is 44.1 Å². The van der Waals surface area contributed by atoms with Crippen molar-refractivity contribution in [3.05, 3.63) is 47.8 Å². The third kappa shape index (κ3) is 5.77. The Morgan fingerprint density at radius 2 is 2.17 bits per heavy atom. The van der Waals surface area contributed by atoms with Gasteiger partial charge in [-0.2, -0.15) is 0 Å². The summed E-state index contributed by atoms with van der Waals surface area (Å²) in [6.07, 6.45) is 7.11. The molecule has 0 saturated carbocycles. The summed E-state index contributed by atoms with van der Waals surface area (Å²) in [4.78, 5) is 30.2. The maximum atomic E-state index is 12.0. The number of aryl methyl sites for hydroxylation is 2. The third-order valence-electron chi connectivity index (χ3n) is 3.21. The van der Waals surface area contributed by atoms with Crippen molar-refractivity contribution in [2.24, 2.45) is 7.05 Å². The first kappa shape index (κ1) is 18.1. The number of carboxylic acid groups (broad SMARTS) is 1. The molecule has 0 unspecified atom stereocenters. The summed E-state index contributed by atoms with van der Waals surface area (Å²) in [6, 6.07) is 1.81. The monoisotopic (exact) mass is 319 g/mol. The van der Waals surface area contributed by atoms with Crippen LogP contribution in [0.15, 0.2) is 30.9 Å². The number of nitrogens with one attached hydrogen (secondary N) is 1. The molecule has 124 valence electrons. The van der Waals surface area contributed by atoms with Crippen LogP contribution in [0.25, 0.3) is 0 Å². The number of amides is 2. The van der Waals surface area contributed by atoms with E-state index >= 15 is 0 Å². The van der Waals surface area contributed by atoms with Crippen molar-refractivity contribution in [1.29, 1.82) is 0 Å². The van der Waals surface area contributed by atoms with Crippen LogP contribution >= 0.6 is 0 Å². The van der Waals surface area contributed by atoms with E-state index in [1.807, 2.05) is 30.8 Å². The minimum absolute atomic E-state index is 0.121. The summed E-state index contributed by atoms with van der Waals surface area (Å²) in [5.41, 5.74) is 2.17.